The largest absolute Gasteiger partial charge is 0.479 e. The summed E-state index contributed by atoms with van der Waals surface area (Å²) in [4.78, 5) is 31.1. The number of hydrogen-bond donors (Lipinski definition) is 2. The minimum absolute atomic E-state index is 0.227. The van der Waals surface area contributed by atoms with Crippen LogP contribution in [0.5, 0.6) is 0 Å². The highest BCUT2D eigenvalue weighted by molar-refractivity contribution is 5.94. The summed E-state index contributed by atoms with van der Waals surface area (Å²) in [5, 5.41) is 10.2. The van der Waals surface area contributed by atoms with Gasteiger partial charge in [-0.05, 0) is 70.6 Å². The Labute approximate surface area is 202 Å². The van der Waals surface area contributed by atoms with Gasteiger partial charge in [-0.25, -0.2) is 4.79 Å². The average molecular weight is 468 g/mol. The van der Waals surface area contributed by atoms with Gasteiger partial charge in [0.05, 0.1) is 11.3 Å². The van der Waals surface area contributed by atoms with E-state index in [0.29, 0.717) is 16.8 Å². The van der Waals surface area contributed by atoms with Crippen molar-refractivity contribution in [2.75, 3.05) is 18.0 Å². The SMILES string of the molecule is Cc1nc(C)c([C@H](OC(C)(C)C)C(=O)O)c(N2CCC(C)(C)CC2)c1-c1ccc(C(N)=O)cc1. The van der Waals surface area contributed by atoms with E-state index in [1.807, 2.05) is 46.8 Å². The Morgan fingerprint density at radius 3 is 2.12 bits per heavy atom. The molecule has 0 saturated carbocycles. The van der Waals surface area contributed by atoms with Crippen molar-refractivity contribution in [1.29, 1.82) is 0 Å². The van der Waals surface area contributed by atoms with E-state index >= 15 is 0 Å². The molecule has 7 heteroatoms. The van der Waals surface area contributed by atoms with Crippen molar-refractivity contribution >= 4 is 17.6 Å². The summed E-state index contributed by atoms with van der Waals surface area (Å²) in [6, 6.07) is 7.09. The molecule has 34 heavy (non-hydrogen) atoms. The van der Waals surface area contributed by atoms with Gasteiger partial charge in [0.1, 0.15) is 0 Å². The highest BCUT2D eigenvalue weighted by Crippen LogP contribution is 2.44. The maximum atomic E-state index is 12.5. The van der Waals surface area contributed by atoms with Gasteiger partial charge < -0.3 is 20.5 Å². The van der Waals surface area contributed by atoms with Crippen LogP contribution in [0, 0.1) is 19.3 Å². The van der Waals surface area contributed by atoms with E-state index in [0.717, 1.165) is 48.4 Å². The molecular formula is C27H37N3O4. The number of amides is 1. The van der Waals surface area contributed by atoms with E-state index in [1.54, 1.807) is 12.1 Å². The number of ether oxygens (including phenoxy) is 1. The zero-order chi connectivity index (χ0) is 25.4. The lowest BCUT2D eigenvalue weighted by molar-refractivity contribution is -0.160. The fourth-order valence-electron chi connectivity index (χ4n) is 4.56. The molecule has 1 amide bonds. The second-order valence-electron chi connectivity index (χ2n) is 11.0. The van der Waals surface area contributed by atoms with Crippen LogP contribution in [-0.2, 0) is 9.53 Å². The normalized spacial score (nSPS) is 16.9. The van der Waals surface area contributed by atoms with Gasteiger partial charge in [0.2, 0.25) is 5.91 Å². The molecule has 0 aliphatic carbocycles. The van der Waals surface area contributed by atoms with Gasteiger partial charge in [0.25, 0.3) is 0 Å². The van der Waals surface area contributed by atoms with E-state index in [4.69, 9.17) is 15.5 Å². The van der Waals surface area contributed by atoms with Gasteiger partial charge >= 0.3 is 5.97 Å². The van der Waals surface area contributed by atoms with Gasteiger partial charge in [-0.2, -0.15) is 0 Å². The standard InChI is InChI=1S/C27H37N3O4/c1-16-20(18-8-10-19(11-9-18)24(28)31)22(30-14-12-27(6,7)13-15-30)21(17(2)29-16)23(25(32)33)34-26(3,4)5/h8-11,23H,12-15H2,1-7H3,(H2,28,31)(H,32,33)/t23-/m0/s1. The Morgan fingerprint density at radius 2 is 1.65 bits per heavy atom. The van der Waals surface area contributed by atoms with Crippen LogP contribution in [0.2, 0.25) is 0 Å². The molecule has 1 saturated heterocycles. The summed E-state index contributed by atoms with van der Waals surface area (Å²) >= 11 is 0. The number of carbonyl (C=O) groups excluding carboxylic acids is 1. The van der Waals surface area contributed by atoms with Crippen LogP contribution in [0.4, 0.5) is 5.69 Å². The second-order valence-corrected chi connectivity index (χ2v) is 11.0. The zero-order valence-electron chi connectivity index (χ0n) is 21.4. The van der Waals surface area contributed by atoms with Gasteiger partial charge in [0, 0.05) is 41.2 Å². The molecule has 1 aliphatic heterocycles. The minimum atomic E-state index is -1.17. The summed E-state index contributed by atoms with van der Waals surface area (Å²) in [6.07, 6.45) is 0.817. The van der Waals surface area contributed by atoms with Gasteiger partial charge in [-0.3, -0.25) is 9.78 Å². The topological polar surface area (TPSA) is 106 Å². The number of aryl methyl sites for hydroxylation is 2. The number of carbonyl (C=O) groups is 2. The Hall–Kier alpha value is -2.93. The number of benzene rings is 1. The molecule has 3 N–H and O–H groups in total. The molecule has 0 unspecified atom stereocenters. The third-order valence-corrected chi connectivity index (χ3v) is 6.43. The summed E-state index contributed by atoms with van der Waals surface area (Å²) in [6.45, 7) is 15.5. The lowest BCUT2D eigenvalue weighted by atomic mass is 9.81. The smallest absolute Gasteiger partial charge is 0.337 e. The number of aromatic nitrogens is 1. The molecule has 184 valence electrons. The van der Waals surface area contributed by atoms with E-state index in [1.165, 1.54) is 0 Å². The summed E-state index contributed by atoms with van der Waals surface area (Å²) in [5.74, 6) is -1.54. The lowest BCUT2D eigenvalue weighted by Crippen LogP contribution is -2.39. The first-order valence-electron chi connectivity index (χ1n) is 11.8. The van der Waals surface area contributed by atoms with Crippen molar-refractivity contribution < 1.29 is 19.4 Å². The average Bonchev–Trinajstić information content (AvgIpc) is 2.71. The summed E-state index contributed by atoms with van der Waals surface area (Å²) in [7, 11) is 0. The van der Waals surface area contributed by atoms with Crippen LogP contribution >= 0.6 is 0 Å². The molecular weight excluding hydrogens is 430 g/mol. The van der Waals surface area contributed by atoms with Crippen molar-refractivity contribution in [3.05, 3.63) is 46.8 Å². The van der Waals surface area contributed by atoms with Crippen molar-refractivity contribution in [2.45, 2.75) is 73.0 Å². The molecule has 1 atom stereocenters. The number of nitrogens with zero attached hydrogens (tertiary/aromatic N) is 2. The number of carboxylic acid groups (broad SMARTS) is 1. The van der Waals surface area contributed by atoms with Crippen molar-refractivity contribution in [1.82, 2.24) is 4.98 Å². The Kier molecular flexibility index (Phi) is 7.08. The molecule has 2 heterocycles. The van der Waals surface area contributed by atoms with Crippen molar-refractivity contribution in [3.8, 4) is 11.1 Å². The highest BCUT2D eigenvalue weighted by Gasteiger charge is 2.36. The molecule has 1 aromatic carbocycles. The van der Waals surface area contributed by atoms with Crippen molar-refractivity contribution in [2.24, 2.45) is 11.1 Å². The fourth-order valence-corrected chi connectivity index (χ4v) is 4.56. The number of rotatable bonds is 6. The molecule has 1 fully saturated rings. The van der Waals surface area contributed by atoms with Crippen LogP contribution in [0.15, 0.2) is 24.3 Å². The van der Waals surface area contributed by atoms with Gasteiger partial charge in [0.15, 0.2) is 6.10 Å². The Balaban J connectivity index is 2.29. The molecule has 7 nitrogen and oxygen atoms in total. The number of nitrogens with two attached hydrogens (primary N) is 1. The number of carboxylic acids is 1. The van der Waals surface area contributed by atoms with Crippen LogP contribution in [0.1, 0.15) is 80.9 Å². The number of pyridine rings is 1. The van der Waals surface area contributed by atoms with E-state index in [2.05, 4.69) is 18.7 Å². The number of piperidine rings is 1. The minimum Gasteiger partial charge on any atom is -0.479 e. The third-order valence-electron chi connectivity index (χ3n) is 6.43. The van der Waals surface area contributed by atoms with Crippen LogP contribution in [-0.4, -0.2) is 40.7 Å². The first-order valence-corrected chi connectivity index (χ1v) is 11.8. The first-order chi connectivity index (χ1) is 15.7. The van der Waals surface area contributed by atoms with E-state index in [9.17, 15) is 14.7 Å². The molecule has 2 aromatic rings. The molecule has 1 aromatic heterocycles. The number of hydrogen-bond acceptors (Lipinski definition) is 5. The molecule has 0 radical (unpaired) electrons. The van der Waals surface area contributed by atoms with Crippen molar-refractivity contribution in [3.63, 3.8) is 0 Å². The zero-order valence-corrected chi connectivity index (χ0v) is 21.4. The van der Waals surface area contributed by atoms with Gasteiger partial charge in [-0.15, -0.1) is 0 Å². The summed E-state index contributed by atoms with van der Waals surface area (Å²) < 4.78 is 6.09. The molecule has 0 bridgehead atoms. The molecule has 1 aliphatic rings. The predicted octanol–water partition coefficient (Wildman–Crippen LogP) is 5.03. The van der Waals surface area contributed by atoms with E-state index in [-0.39, 0.29) is 5.41 Å². The van der Waals surface area contributed by atoms with Gasteiger partial charge in [-0.1, -0.05) is 26.0 Å². The maximum absolute atomic E-state index is 12.5. The third kappa shape index (κ3) is 5.58. The van der Waals surface area contributed by atoms with E-state index < -0.39 is 23.6 Å². The van der Waals surface area contributed by atoms with Crippen LogP contribution in [0.25, 0.3) is 11.1 Å². The monoisotopic (exact) mass is 467 g/mol. The highest BCUT2D eigenvalue weighted by atomic mass is 16.5. The lowest BCUT2D eigenvalue weighted by Gasteiger charge is -2.41. The number of aliphatic carboxylic acids is 1. The number of anilines is 1. The summed E-state index contributed by atoms with van der Waals surface area (Å²) in [5.41, 5.74) is 10.0. The maximum Gasteiger partial charge on any atom is 0.337 e. The van der Waals surface area contributed by atoms with Crippen LogP contribution < -0.4 is 10.6 Å². The Morgan fingerprint density at radius 1 is 1.09 bits per heavy atom. The quantitative estimate of drug-likeness (QED) is 0.617. The second kappa shape index (κ2) is 9.37. The Bertz CT molecular complexity index is 1070. The fraction of sp³-hybridized carbons (Fsp3) is 0.519. The number of primary amides is 1. The predicted molar refractivity (Wildman–Crippen MR) is 134 cm³/mol. The van der Waals surface area contributed by atoms with Crippen LogP contribution in [0.3, 0.4) is 0 Å². The molecule has 3 rings (SSSR count). The first kappa shape index (κ1) is 25.7. The molecule has 0 spiro atoms.